The van der Waals surface area contributed by atoms with E-state index in [0.717, 1.165) is 38.6 Å². The SMILES string of the molecule is C=CCn1c(SCc2csc(-c3ccccc3)n2)nnc1-c1csc(C)c1. The van der Waals surface area contributed by atoms with Crippen LogP contribution >= 0.6 is 34.4 Å². The van der Waals surface area contributed by atoms with Crippen molar-refractivity contribution >= 4 is 34.4 Å². The van der Waals surface area contributed by atoms with Gasteiger partial charge in [-0.25, -0.2) is 4.98 Å². The van der Waals surface area contributed by atoms with Crippen LogP contribution in [-0.4, -0.2) is 19.7 Å². The zero-order chi connectivity index (χ0) is 18.6. The van der Waals surface area contributed by atoms with Gasteiger partial charge < -0.3 is 0 Å². The molecule has 0 atom stereocenters. The summed E-state index contributed by atoms with van der Waals surface area (Å²) in [5.74, 6) is 1.66. The summed E-state index contributed by atoms with van der Waals surface area (Å²) in [6.07, 6.45) is 1.88. The Kier molecular flexibility index (Phi) is 5.52. The Balaban J connectivity index is 1.52. The molecule has 0 bridgehead atoms. The molecule has 0 fully saturated rings. The van der Waals surface area contributed by atoms with Crippen LogP contribution in [0.5, 0.6) is 0 Å². The van der Waals surface area contributed by atoms with Crippen LogP contribution in [0.2, 0.25) is 0 Å². The van der Waals surface area contributed by atoms with Crippen molar-refractivity contribution < 1.29 is 0 Å². The van der Waals surface area contributed by atoms with Gasteiger partial charge in [-0.05, 0) is 13.0 Å². The molecule has 0 amide bonds. The van der Waals surface area contributed by atoms with Crippen LogP contribution in [0.4, 0.5) is 0 Å². The molecule has 0 aliphatic carbocycles. The highest BCUT2D eigenvalue weighted by atomic mass is 32.2. The predicted octanol–water partition coefficient (Wildman–Crippen LogP) is 5.92. The van der Waals surface area contributed by atoms with Crippen molar-refractivity contribution in [3.05, 3.63) is 70.4 Å². The number of hydrogen-bond donors (Lipinski definition) is 0. The van der Waals surface area contributed by atoms with Crippen molar-refractivity contribution in [1.29, 1.82) is 0 Å². The van der Waals surface area contributed by atoms with Crippen LogP contribution in [0.3, 0.4) is 0 Å². The zero-order valence-electron chi connectivity index (χ0n) is 14.8. The summed E-state index contributed by atoms with van der Waals surface area (Å²) in [6, 6.07) is 12.4. The number of thiophene rings is 1. The maximum atomic E-state index is 4.76. The van der Waals surface area contributed by atoms with Gasteiger partial charge in [-0.3, -0.25) is 4.57 Å². The second kappa shape index (κ2) is 8.21. The maximum Gasteiger partial charge on any atom is 0.192 e. The molecule has 0 radical (unpaired) electrons. The number of allylic oxidation sites excluding steroid dienone is 1. The Morgan fingerprint density at radius 3 is 2.70 bits per heavy atom. The highest BCUT2D eigenvalue weighted by molar-refractivity contribution is 7.98. The lowest BCUT2D eigenvalue weighted by atomic mass is 10.2. The molecule has 7 heteroatoms. The van der Waals surface area contributed by atoms with E-state index in [1.807, 2.05) is 24.3 Å². The number of hydrogen-bond acceptors (Lipinski definition) is 6. The molecule has 27 heavy (non-hydrogen) atoms. The fourth-order valence-electron chi connectivity index (χ4n) is 2.69. The first-order chi connectivity index (χ1) is 13.2. The van der Waals surface area contributed by atoms with E-state index in [1.165, 1.54) is 4.88 Å². The molecular weight excluding hydrogens is 392 g/mol. The van der Waals surface area contributed by atoms with Gasteiger partial charge in [0.05, 0.1) is 5.69 Å². The first-order valence-electron chi connectivity index (χ1n) is 8.47. The molecule has 0 unspecified atom stereocenters. The molecule has 136 valence electrons. The van der Waals surface area contributed by atoms with Gasteiger partial charge in [-0.2, -0.15) is 0 Å². The summed E-state index contributed by atoms with van der Waals surface area (Å²) in [7, 11) is 0. The normalized spacial score (nSPS) is 11.0. The smallest absolute Gasteiger partial charge is 0.192 e. The first-order valence-corrected chi connectivity index (χ1v) is 11.2. The highest BCUT2D eigenvalue weighted by Crippen LogP contribution is 2.30. The zero-order valence-corrected chi connectivity index (χ0v) is 17.3. The molecule has 0 saturated heterocycles. The van der Waals surface area contributed by atoms with E-state index in [4.69, 9.17) is 4.98 Å². The molecule has 0 N–H and O–H groups in total. The van der Waals surface area contributed by atoms with Crippen LogP contribution < -0.4 is 0 Å². The van der Waals surface area contributed by atoms with Crippen molar-refractivity contribution in [1.82, 2.24) is 19.7 Å². The van der Waals surface area contributed by atoms with Crippen LogP contribution in [-0.2, 0) is 12.3 Å². The van der Waals surface area contributed by atoms with Crippen LogP contribution in [0, 0.1) is 6.92 Å². The topological polar surface area (TPSA) is 43.6 Å². The Morgan fingerprint density at radius 1 is 1.11 bits per heavy atom. The number of benzene rings is 1. The third-order valence-corrected chi connectivity index (χ3v) is 6.74. The number of nitrogens with zero attached hydrogens (tertiary/aromatic N) is 4. The molecule has 4 nitrogen and oxygen atoms in total. The monoisotopic (exact) mass is 410 g/mol. The van der Waals surface area contributed by atoms with E-state index in [9.17, 15) is 0 Å². The summed E-state index contributed by atoms with van der Waals surface area (Å²) < 4.78 is 2.11. The molecule has 1 aromatic carbocycles. The lowest BCUT2D eigenvalue weighted by Crippen LogP contribution is -2.00. The lowest BCUT2D eigenvalue weighted by Gasteiger charge is -2.06. The maximum absolute atomic E-state index is 4.76. The second-order valence-corrected chi connectivity index (χ2v) is 8.87. The molecule has 0 saturated carbocycles. The van der Waals surface area contributed by atoms with E-state index in [-0.39, 0.29) is 0 Å². The van der Waals surface area contributed by atoms with Gasteiger partial charge in [0, 0.05) is 39.1 Å². The van der Waals surface area contributed by atoms with Gasteiger partial charge in [-0.15, -0.1) is 39.4 Å². The lowest BCUT2D eigenvalue weighted by molar-refractivity contribution is 0.731. The van der Waals surface area contributed by atoms with E-state index < -0.39 is 0 Å². The minimum absolute atomic E-state index is 0.686. The minimum atomic E-state index is 0.686. The predicted molar refractivity (Wildman–Crippen MR) is 115 cm³/mol. The molecule has 0 aliphatic heterocycles. The van der Waals surface area contributed by atoms with E-state index in [1.54, 1.807) is 34.4 Å². The summed E-state index contributed by atoms with van der Waals surface area (Å²) in [5, 5.41) is 15.0. The Bertz CT molecular complexity index is 1050. The molecule has 0 aliphatic rings. The van der Waals surface area contributed by atoms with E-state index in [2.05, 4.69) is 57.2 Å². The number of aromatic nitrogens is 4. The standard InChI is InChI=1S/C20H18N4S3/c1-3-9-24-18(16-10-14(2)25-11-16)22-23-20(24)27-13-17-12-26-19(21-17)15-7-5-4-6-8-15/h3-8,10-12H,1,9,13H2,2H3. The van der Waals surface area contributed by atoms with Crippen molar-refractivity contribution in [2.24, 2.45) is 0 Å². The van der Waals surface area contributed by atoms with Gasteiger partial charge in [0.25, 0.3) is 0 Å². The van der Waals surface area contributed by atoms with Crippen LogP contribution in [0.1, 0.15) is 10.6 Å². The molecule has 3 aromatic heterocycles. The Hall–Kier alpha value is -2.22. The first kappa shape index (κ1) is 18.2. The second-order valence-electron chi connectivity index (χ2n) is 5.95. The number of thioether (sulfide) groups is 1. The number of aryl methyl sites for hydroxylation is 1. The third-order valence-electron chi connectivity index (χ3n) is 3.94. The summed E-state index contributed by atoms with van der Waals surface area (Å²) in [4.78, 5) is 6.03. The van der Waals surface area contributed by atoms with Crippen molar-refractivity contribution in [2.45, 2.75) is 24.4 Å². The Labute approximate surface area is 170 Å². The average Bonchev–Trinajstić information content (AvgIpc) is 3.41. The molecular formula is C20H18N4S3. The number of thiazole rings is 1. The third kappa shape index (κ3) is 4.05. The fourth-order valence-corrected chi connectivity index (χ4v) is 5.14. The van der Waals surface area contributed by atoms with Gasteiger partial charge in [0.15, 0.2) is 11.0 Å². The van der Waals surface area contributed by atoms with Gasteiger partial charge in [-0.1, -0.05) is 48.2 Å². The van der Waals surface area contributed by atoms with Crippen molar-refractivity contribution in [2.75, 3.05) is 0 Å². The van der Waals surface area contributed by atoms with Crippen LogP contribution in [0.15, 0.2) is 65.0 Å². The largest absolute Gasteiger partial charge is 0.298 e. The van der Waals surface area contributed by atoms with Gasteiger partial charge in [0.1, 0.15) is 5.01 Å². The van der Waals surface area contributed by atoms with Crippen molar-refractivity contribution in [3.8, 4) is 22.0 Å². The summed E-state index contributed by atoms with van der Waals surface area (Å²) in [5.41, 5.74) is 3.33. The highest BCUT2D eigenvalue weighted by Gasteiger charge is 2.15. The molecule has 3 heterocycles. The molecule has 4 rings (SSSR count). The van der Waals surface area contributed by atoms with Gasteiger partial charge in [0.2, 0.25) is 0 Å². The fraction of sp³-hybridized carbons (Fsp3) is 0.150. The number of rotatable bonds is 7. The Morgan fingerprint density at radius 2 is 1.96 bits per heavy atom. The average molecular weight is 411 g/mol. The summed E-state index contributed by atoms with van der Waals surface area (Å²) >= 11 is 5.06. The van der Waals surface area contributed by atoms with Crippen molar-refractivity contribution in [3.63, 3.8) is 0 Å². The van der Waals surface area contributed by atoms with Gasteiger partial charge >= 0.3 is 0 Å². The quantitative estimate of drug-likeness (QED) is 0.280. The minimum Gasteiger partial charge on any atom is -0.298 e. The molecule has 4 aromatic rings. The van der Waals surface area contributed by atoms with E-state index in [0.29, 0.717) is 6.54 Å². The molecule has 0 spiro atoms. The van der Waals surface area contributed by atoms with Crippen LogP contribution in [0.25, 0.3) is 22.0 Å². The summed E-state index contributed by atoms with van der Waals surface area (Å²) in [6.45, 7) is 6.67. The van der Waals surface area contributed by atoms with E-state index >= 15 is 0 Å².